The number of nitrogens with two attached hydrogens (primary N) is 1. The molecule has 0 aromatic carbocycles. The molecule has 16 heavy (non-hydrogen) atoms. The standard InChI is InChI=1S/C12H17N3O/c13-11-8-10(5-6-14-11)9-15-7-3-1-2-4-12(15)16/h5-6,8H,1-4,7,9H2,(H2,13,14). The Hall–Kier alpha value is -1.58. The Morgan fingerprint density at radius 1 is 1.38 bits per heavy atom. The van der Waals surface area contributed by atoms with Gasteiger partial charge in [-0.2, -0.15) is 0 Å². The van der Waals surface area contributed by atoms with Crippen LogP contribution in [0.25, 0.3) is 0 Å². The molecule has 0 saturated carbocycles. The normalized spacial score (nSPS) is 17.2. The van der Waals surface area contributed by atoms with Crippen LogP contribution in [0.3, 0.4) is 0 Å². The number of likely N-dealkylation sites (tertiary alicyclic amines) is 1. The molecule has 1 aromatic rings. The highest BCUT2D eigenvalue weighted by atomic mass is 16.2. The smallest absolute Gasteiger partial charge is 0.222 e. The van der Waals surface area contributed by atoms with Gasteiger partial charge in [-0.3, -0.25) is 4.79 Å². The number of aromatic nitrogens is 1. The molecule has 86 valence electrons. The molecule has 0 radical (unpaired) electrons. The quantitative estimate of drug-likeness (QED) is 0.821. The second-order valence-corrected chi connectivity index (χ2v) is 4.21. The van der Waals surface area contributed by atoms with E-state index in [1.807, 2.05) is 17.0 Å². The molecule has 0 spiro atoms. The molecule has 2 rings (SSSR count). The van der Waals surface area contributed by atoms with Crippen molar-refractivity contribution >= 4 is 11.7 Å². The van der Waals surface area contributed by atoms with Crippen LogP contribution < -0.4 is 5.73 Å². The average molecular weight is 219 g/mol. The van der Waals surface area contributed by atoms with Crippen LogP contribution in [-0.2, 0) is 11.3 Å². The molecule has 0 aliphatic carbocycles. The van der Waals surface area contributed by atoms with Gasteiger partial charge in [0.05, 0.1) is 0 Å². The molecule has 2 N–H and O–H groups in total. The van der Waals surface area contributed by atoms with Crippen LogP contribution in [0.5, 0.6) is 0 Å². The number of rotatable bonds is 2. The molecule has 4 heteroatoms. The fourth-order valence-electron chi connectivity index (χ4n) is 2.02. The zero-order chi connectivity index (χ0) is 11.4. The topological polar surface area (TPSA) is 59.2 Å². The zero-order valence-electron chi connectivity index (χ0n) is 9.35. The molecule has 1 aromatic heterocycles. The van der Waals surface area contributed by atoms with Crippen LogP contribution >= 0.6 is 0 Å². The molecule has 0 unspecified atom stereocenters. The summed E-state index contributed by atoms with van der Waals surface area (Å²) >= 11 is 0. The fourth-order valence-corrected chi connectivity index (χ4v) is 2.02. The third-order valence-electron chi connectivity index (χ3n) is 2.89. The maximum absolute atomic E-state index is 11.8. The van der Waals surface area contributed by atoms with Crippen LogP contribution in [0, 0.1) is 0 Å². The molecule has 1 fully saturated rings. The van der Waals surface area contributed by atoms with E-state index < -0.39 is 0 Å². The fraction of sp³-hybridized carbons (Fsp3) is 0.500. The highest BCUT2D eigenvalue weighted by molar-refractivity contribution is 5.76. The minimum absolute atomic E-state index is 0.257. The molecule has 2 heterocycles. The number of hydrogen-bond acceptors (Lipinski definition) is 3. The molecular formula is C12H17N3O. The van der Waals surface area contributed by atoms with E-state index in [2.05, 4.69) is 4.98 Å². The number of pyridine rings is 1. The van der Waals surface area contributed by atoms with E-state index in [0.29, 0.717) is 18.8 Å². The molecule has 1 amide bonds. The molecule has 0 bridgehead atoms. The average Bonchev–Trinajstić information content (AvgIpc) is 2.45. The first kappa shape index (κ1) is 10.9. The predicted octanol–water partition coefficient (Wildman–Crippen LogP) is 1.57. The first-order valence-corrected chi connectivity index (χ1v) is 5.74. The van der Waals surface area contributed by atoms with Gasteiger partial charge in [0.15, 0.2) is 0 Å². The highest BCUT2D eigenvalue weighted by Gasteiger charge is 2.16. The molecule has 4 nitrogen and oxygen atoms in total. The molecule has 0 atom stereocenters. The summed E-state index contributed by atoms with van der Waals surface area (Å²) in [4.78, 5) is 17.6. The summed E-state index contributed by atoms with van der Waals surface area (Å²) in [6.45, 7) is 1.52. The lowest BCUT2D eigenvalue weighted by Gasteiger charge is -2.20. The lowest BCUT2D eigenvalue weighted by atomic mass is 10.2. The summed E-state index contributed by atoms with van der Waals surface area (Å²) in [6.07, 6.45) is 5.65. The Morgan fingerprint density at radius 2 is 2.25 bits per heavy atom. The largest absolute Gasteiger partial charge is 0.384 e. The Morgan fingerprint density at radius 3 is 3.06 bits per heavy atom. The number of nitrogens with zero attached hydrogens (tertiary/aromatic N) is 2. The number of anilines is 1. The van der Waals surface area contributed by atoms with Gasteiger partial charge < -0.3 is 10.6 Å². The van der Waals surface area contributed by atoms with Crippen LogP contribution in [0.15, 0.2) is 18.3 Å². The van der Waals surface area contributed by atoms with Crippen molar-refractivity contribution in [2.24, 2.45) is 0 Å². The van der Waals surface area contributed by atoms with Crippen LogP contribution in [0.4, 0.5) is 5.82 Å². The van der Waals surface area contributed by atoms with E-state index in [9.17, 15) is 4.79 Å². The molecule has 1 saturated heterocycles. The maximum atomic E-state index is 11.8. The lowest BCUT2D eigenvalue weighted by Crippen LogP contribution is -2.29. The van der Waals surface area contributed by atoms with Gasteiger partial charge in [0.1, 0.15) is 5.82 Å². The van der Waals surface area contributed by atoms with Crippen LogP contribution in [-0.4, -0.2) is 22.3 Å². The first-order chi connectivity index (χ1) is 7.75. The van der Waals surface area contributed by atoms with Crippen molar-refractivity contribution in [3.63, 3.8) is 0 Å². The van der Waals surface area contributed by atoms with Crippen molar-refractivity contribution in [2.45, 2.75) is 32.2 Å². The Labute approximate surface area is 95.5 Å². The summed E-state index contributed by atoms with van der Waals surface area (Å²) in [5, 5.41) is 0. The van der Waals surface area contributed by atoms with Gasteiger partial charge in [-0.1, -0.05) is 6.42 Å². The zero-order valence-corrected chi connectivity index (χ0v) is 9.35. The van der Waals surface area contributed by atoms with Crippen molar-refractivity contribution in [2.75, 3.05) is 12.3 Å². The summed E-state index contributed by atoms with van der Waals surface area (Å²) in [7, 11) is 0. The number of amides is 1. The highest BCUT2D eigenvalue weighted by Crippen LogP contribution is 2.14. The molecular weight excluding hydrogens is 202 g/mol. The Balaban J connectivity index is 2.05. The molecule has 1 aliphatic heterocycles. The minimum atomic E-state index is 0.257. The summed E-state index contributed by atoms with van der Waals surface area (Å²) in [6, 6.07) is 3.74. The van der Waals surface area contributed by atoms with Gasteiger partial charge in [0, 0.05) is 25.7 Å². The van der Waals surface area contributed by atoms with E-state index in [0.717, 1.165) is 31.4 Å². The SMILES string of the molecule is Nc1cc(CN2CCCCCC2=O)ccn1. The minimum Gasteiger partial charge on any atom is -0.384 e. The van der Waals surface area contributed by atoms with Gasteiger partial charge in [0.25, 0.3) is 0 Å². The second kappa shape index (κ2) is 4.96. The van der Waals surface area contributed by atoms with Gasteiger partial charge in [-0.15, -0.1) is 0 Å². The second-order valence-electron chi connectivity index (χ2n) is 4.21. The van der Waals surface area contributed by atoms with Gasteiger partial charge >= 0.3 is 0 Å². The van der Waals surface area contributed by atoms with Crippen molar-refractivity contribution in [3.8, 4) is 0 Å². The van der Waals surface area contributed by atoms with Crippen molar-refractivity contribution in [1.29, 1.82) is 0 Å². The Kier molecular flexibility index (Phi) is 3.39. The summed E-state index contributed by atoms with van der Waals surface area (Å²) in [5.74, 6) is 0.771. The maximum Gasteiger partial charge on any atom is 0.222 e. The van der Waals surface area contributed by atoms with Gasteiger partial charge in [0.2, 0.25) is 5.91 Å². The third-order valence-corrected chi connectivity index (χ3v) is 2.89. The number of carbonyl (C=O) groups is 1. The Bertz CT molecular complexity index is 378. The molecule has 1 aliphatic rings. The monoisotopic (exact) mass is 219 g/mol. The number of carbonyl (C=O) groups excluding carboxylic acids is 1. The van der Waals surface area contributed by atoms with Crippen molar-refractivity contribution in [3.05, 3.63) is 23.9 Å². The van der Waals surface area contributed by atoms with E-state index >= 15 is 0 Å². The van der Waals surface area contributed by atoms with Gasteiger partial charge in [-0.05, 0) is 30.5 Å². The summed E-state index contributed by atoms with van der Waals surface area (Å²) < 4.78 is 0. The lowest BCUT2D eigenvalue weighted by molar-refractivity contribution is -0.131. The van der Waals surface area contributed by atoms with Crippen LogP contribution in [0.2, 0.25) is 0 Å². The van der Waals surface area contributed by atoms with Crippen LogP contribution in [0.1, 0.15) is 31.2 Å². The van der Waals surface area contributed by atoms with Gasteiger partial charge in [-0.25, -0.2) is 4.98 Å². The first-order valence-electron chi connectivity index (χ1n) is 5.74. The van der Waals surface area contributed by atoms with Crippen molar-refractivity contribution in [1.82, 2.24) is 9.88 Å². The van der Waals surface area contributed by atoms with E-state index in [1.165, 1.54) is 0 Å². The summed E-state index contributed by atoms with van der Waals surface area (Å²) in [5.41, 5.74) is 6.67. The van der Waals surface area contributed by atoms with E-state index in [1.54, 1.807) is 6.20 Å². The third kappa shape index (κ3) is 2.72. The number of nitrogen functional groups attached to an aromatic ring is 1. The predicted molar refractivity (Wildman–Crippen MR) is 62.5 cm³/mol. The number of hydrogen-bond donors (Lipinski definition) is 1. The van der Waals surface area contributed by atoms with E-state index in [4.69, 9.17) is 5.73 Å². The van der Waals surface area contributed by atoms with E-state index in [-0.39, 0.29) is 5.91 Å². The van der Waals surface area contributed by atoms with Crippen molar-refractivity contribution < 1.29 is 4.79 Å².